The van der Waals surface area contributed by atoms with Gasteiger partial charge in [0.15, 0.2) is 5.54 Å². The summed E-state index contributed by atoms with van der Waals surface area (Å²) in [5, 5.41) is 8.52. The molecule has 1 saturated carbocycles. The summed E-state index contributed by atoms with van der Waals surface area (Å²) in [5.41, 5.74) is -1.83. The Labute approximate surface area is 225 Å². The molecule has 0 bridgehead atoms. The number of hydrogen-bond acceptors (Lipinski definition) is 6. The molecule has 1 atom stereocenters. The fourth-order valence-electron chi connectivity index (χ4n) is 4.45. The van der Waals surface area contributed by atoms with Crippen LogP contribution in [0.5, 0.6) is 0 Å². The summed E-state index contributed by atoms with van der Waals surface area (Å²) in [6.45, 7) is 1.49. The highest BCUT2D eigenvalue weighted by molar-refractivity contribution is 6.40. The molecule has 0 saturated heterocycles. The average Bonchev–Trinajstić information content (AvgIpc) is 2.88. The van der Waals surface area contributed by atoms with Crippen molar-refractivity contribution >= 4 is 52.8 Å². The van der Waals surface area contributed by atoms with Gasteiger partial charge in [-0.3, -0.25) is 4.79 Å². The smallest absolute Gasteiger partial charge is 0.336 e. The molecule has 37 heavy (non-hydrogen) atoms. The Morgan fingerprint density at radius 3 is 2.03 bits per heavy atom. The van der Waals surface area contributed by atoms with Crippen molar-refractivity contribution in [3.05, 3.63) is 63.6 Å². The van der Waals surface area contributed by atoms with Crippen LogP contribution < -0.4 is 16.0 Å². The van der Waals surface area contributed by atoms with Crippen LogP contribution in [0.25, 0.3) is 0 Å². The molecule has 1 fully saturated rings. The largest absolute Gasteiger partial charge is 0.467 e. The van der Waals surface area contributed by atoms with Crippen molar-refractivity contribution in [3.63, 3.8) is 0 Å². The van der Waals surface area contributed by atoms with Crippen LogP contribution in [0.3, 0.4) is 0 Å². The third kappa shape index (κ3) is 6.17. The number of ether oxygens (including phenoxy) is 2. The van der Waals surface area contributed by atoms with Gasteiger partial charge in [-0.2, -0.15) is 0 Å². The van der Waals surface area contributed by atoms with Crippen LogP contribution in [0, 0.1) is 0 Å². The molecule has 1 aliphatic carbocycles. The van der Waals surface area contributed by atoms with Gasteiger partial charge >= 0.3 is 18.0 Å². The number of anilines is 1. The Bertz CT molecular complexity index is 1160. The van der Waals surface area contributed by atoms with Crippen LogP contribution in [0.1, 0.15) is 54.9 Å². The van der Waals surface area contributed by atoms with Crippen molar-refractivity contribution in [1.29, 1.82) is 0 Å². The standard InChI is InChI=1S/C26H29Cl2N3O6/c1-25(22(33)36-2,30-24(35)31-26(23(34)37-3)14-5-4-6-15-26)16-10-12-17(13-11-16)29-21(32)20-18(27)8-7-9-19(20)28/h7-13H,4-6,14-15H2,1-3H3,(H,29,32)(H2,30,31,35). The monoisotopic (exact) mass is 549 g/mol. The molecule has 0 aliphatic heterocycles. The molecule has 0 heterocycles. The van der Waals surface area contributed by atoms with Crippen LogP contribution in [0.4, 0.5) is 10.5 Å². The molecule has 2 aromatic carbocycles. The predicted molar refractivity (Wildman–Crippen MR) is 140 cm³/mol. The summed E-state index contributed by atoms with van der Waals surface area (Å²) >= 11 is 12.2. The number of amides is 3. The van der Waals surface area contributed by atoms with Crippen molar-refractivity contribution in [2.45, 2.75) is 50.1 Å². The van der Waals surface area contributed by atoms with E-state index >= 15 is 0 Å². The highest BCUT2D eigenvalue weighted by atomic mass is 35.5. The normalized spacial score (nSPS) is 16.0. The highest BCUT2D eigenvalue weighted by Crippen LogP contribution is 2.31. The number of carbonyl (C=O) groups excluding carboxylic acids is 4. The van der Waals surface area contributed by atoms with Crippen LogP contribution in [0.15, 0.2) is 42.5 Å². The van der Waals surface area contributed by atoms with Gasteiger partial charge in [0.1, 0.15) is 5.54 Å². The number of esters is 2. The van der Waals surface area contributed by atoms with Gasteiger partial charge < -0.3 is 25.4 Å². The lowest BCUT2D eigenvalue weighted by Crippen LogP contribution is -2.62. The van der Waals surface area contributed by atoms with Crippen LogP contribution in [-0.4, -0.2) is 43.6 Å². The maximum Gasteiger partial charge on any atom is 0.336 e. The lowest BCUT2D eigenvalue weighted by Gasteiger charge is -2.37. The summed E-state index contributed by atoms with van der Waals surface area (Å²) in [5.74, 6) is -1.75. The molecular formula is C26H29Cl2N3O6. The van der Waals surface area contributed by atoms with E-state index in [1.165, 1.54) is 21.1 Å². The zero-order chi connectivity index (χ0) is 27.2. The molecule has 3 amide bonds. The van der Waals surface area contributed by atoms with Gasteiger partial charge in [-0.05, 0) is 49.6 Å². The number of hydrogen-bond donors (Lipinski definition) is 3. The molecule has 1 unspecified atom stereocenters. The third-order valence-corrected chi connectivity index (χ3v) is 7.13. The second-order valence-corrected chi connectivity index (χ2v) is 9.77. The molecule has 198 valence electrons. The van der Waals surface area contributed by atoms with E-state index in [0.29, 0.717) is 24.1 Å². The van der Waals surface area contributed by atoms with E-state index in [1.54, 1.807) is 42.5 Å². The van der Waals surface area contributed by atoms with Crippen LogP contribution in [0.2, 0.25) is 10.0 Å². The number of methoxy groups -OCH3 is 2. The number of urea groups is 1. The fourth-order valence-corrected chi connectivity index (χ4v) is 5.02. The first-order valence-corrected chi connectivity index (χ1v) is 12.4. The minimum Gasteiger partial charge on any atom is -0.467 e. The minimum absolute atomic E-state index is 0.134. The van der Waals surface area contributed by atoms with Gasteiger partial charge in [0, 0.05) is 5.69 Å². The van der Waals surface area contributed by atoms with Gasteiger partial charge in [-0.1, -0.05) is 60.7 Å². The minimum atomic E-state index is -1.60. The highest BCUT2D eigenvalue weighted by Gasteiger charge is 2.44. The van der Waals surface area contributed by atoms with Crippen molar-refractivity contribution < 1.29 is 28.7 Å². The summed E-state index contributed by atoms with van der Waals surface area (Å²) in [7, 11) is 2.48. The average molecular weight is 550 g/mol. The van der Waals surface area contributed by atoms with Crippen molar-refractivity contribution in [2.75, 3.05) is 19.5 Å². The van der Waals surface area contributed by atoms with E-state index in [1.807, 2.05) is 0 Å². The maximum atomic E-state index is 13.1. The molecule has 0 spiro atoms. The van der Waals surface area contributed by atoms with E-state index < -0.39 is 35.0 Å². The molecule has 3 rings (SSSR count). The zero-order valence-electron chi connectivity index (χ0n) is 20.8. The Morgan fingerprint density at radius 1 is 0.892 bits per heavy atom. The lowest BCUT2D eigenvalue weighted by atomic mass is 9.81. The van der Waals surface area contributed by atoms with Crippen LogP contribution in [-0.2, 0) is 24.6 Å². The Hall–Kier alpha value is -3.30. The zero-order valence-corrected chi connectivity index (χ0v) is 22.3. The number of nitrogens with one attached hydrogen (secondary N) is 3. The van der Waals surface area contributed by atoms with Gasteiger partial charge in [0.2, 0.25) is 0 Å². The SMILES string of the molecule is COC(=O)C1(NC(=O)NC(C)(C(=O)OC)c2ccc(NC(=O)c3c(Cl)cccc3Cl)cc2)CCCCC1. The quantitative estimate of drug-likeness (QED) is 0.426. The van der Waals surface area contributed by atoms with Crippen molar-refractivity contribution in [1.82, 2.24) is 10.6 Å². The van der Waals surface area contributed by atoms with Gasteiger partial charge in [-0.15, -0.1) is 0 Å². The summed E-state index contributed by atoms with van der Waals surface area (Å²) in [4.78, 5) is 51.1. The topological polar surface area (TPSA) is 123 Å². The number of rotatable bonds is 7. The molecule has 1 aliphatic rings. The fraction of sp³-hybridized carbons (Fsp3) is 0.385. The van der Waals surface area contributed by atoms with Crippen molar-refractivity contribution in [3.8, 4) is 0 Å². The first-order chi connectivity index (χ1) is 17.6. The van der Waals surface area contributed by atoms with E-state index in [-0.39, 0.29) is 15.6 Å². The predicted octanol–water partition coefficient (Wildman–Crippen LogP) is 4.81. The number of carbonyl (C=O) groups is 4. The molecule has 0 radical (unpaired) electrons. The second-order valence-electron chi connectivity index (χ2n) is 8.96. The molecular weight excluding hydrogens is 521 g/mol. The molecule has 3 N–H and O–H groups in total. The Kier molecular flexibility index (Phi) is 9.04. The van der Waals surface area contributed by atoms with E-state index in [2.05, 4.69) is 16.0 Å². The second kappa shape index (κ2) is 11.8. The van der Waals surface area contributed by atoms with Gasteiger partial charge in [0.25, 0.3) is 5.91 Å². The summed E-state index contributed by atoms with van der Waals surface area (Å²) in [6, 6.07) is 10.3. The maximum absolute atomic E-state index is 13.1. The Morgan fingerprint density at radius 2 is 1.49 bits per heavy atom. The van der Waals surface area contributed by atoms with E-state index in [4.69, 9.17) is 32.7 Å². The first-order valence-electron chi connectivity index (χ1n) is 11.7. The van der Waals surface area contributed by atoms with Crippen LogP contribution >= 0.6 is 23.2 Å². The molecule has 2 aromatic rings. The molecule has 11 heteroatoms. The molecule has 0 aromatic heterocycles. The van der Waals surface area contributed by atoms with Crippen molar-refractivity contribution in [2.24, 2.45) is 0 Å². The van der Waals surface area contributed by atoms with E-state index in [9.17, 15) is 19.2 Å². The Balaban J connectivity index is 1.80. The third-order valence-electron chi connectivity index (χ3n) is 6.50. The molecule has 9 nitrogen and oxygen atoms in total. The lowest BCUT2D eigenvalue weighted by molar-refractivity contribution is -0.149. The van der Waals surface area contributed by atoms with Gasteiger partial charge in [0.05, 0.1) is 29.8 Å². The summed E-state index contributed by atoms with van der Waals surface area (Å²) in [6.07, 6.45) is 3.34. The number of benzene rings is 2. The van der Waals surface area contributed by atoms with E-state index in [0.717, 1.165) is 19.3 Å². The number of halogens is 2. The first kappa shape index (κ1) is 28.3. The van der Waals surface area contributed by atoms with Gasteiger partial charge in [-0.25, -0.2) is 14.4 Å². The summed E-state index contributed by atoms with van der Waals surface area (Å²) < 4.78 is 9.91.